The minimum Gasteiger partial charge on any atom is -0.494 e. The van der Waals surface area contributed by atoms with Crippen molar-refractivity contribution in [3.05, 3.63) is 29.8 Å². The number of ether oxygens (including phenoxy) is 3. The van der Waals surface area contributed by atoms with E-state index in [-0.39, 0.29) is 24.0 Å². The number of benzene rings is 1. The van der Waals surface area contributed by atoms with Crippen LogP contribution in [-0.4, -0.2) is 52.1 Å². The zero-order valence-electron chi connectivity index (χ0n) is 17.2. The standard InChI is InChI=1S/C21H35N3O3.HI/c1-3-4-13-26-19-9-5-8-18(15-19)16-24-21(22-2)23-11-7-12-25-17-20-10-6-14-27-20;/h5,8-9,15,20H,3-4,6-7,10-14,16-17H2,1-2H3,(H2,22,23,24);1H. The second kappa shape index (κ2) is 15.8. The van der Waals surface area contributed by atoms with Gasteiger partial charge in [-0.2, -0.15) is 0 Å². The zero-order chi connectivity index (χ0) is 19.2. The number of unbranched alkanes of at least 4 members (excludes halogenated alkanes) is 1. The van der Waals surface area contributed by atoms with Crippen molar-refractivity contribution in [3.8, 4) is 5.75 Å². The summed E-state index contributed by atoms with van der Waals surface area (Å²) in [5.41, 5.74) is 1.17. The third-order valence-corrected chi connectivity index (χ3v) is 4.43. The van der Waals surface area contributed by atoms with Gasteiger partial charge < -0.3 is 24.8 Å². The Hall–Kier alpha value is -1.06. The number of nitrogens with zero attached hydrogens (tertiary/aromatic N) is 1. The van der Waals surface area contributed by atoms with Crippen LogP contribution in [0.3, 0.4) is 0 Å². The first kappa shape index (κ1) is 25.0. The molecule has 1 unspecified atom stereocenters. The Morgan fingerprint density at radius 2 is 2.14 bits per heavy atom. The van der Waals surface area contributed by atoms with Crippen molar-refractivity contribution < 1.29 is 14.2 Å². The molecule has 6 nitrogen and oxygen atoms in total. The molecule has 0 radical (unpaired) electrons. The average molecular weight is 505 g/mol. The molecule has 1 aliphatic heterocycles. The largest absolute Gasteiger partial charge is 0.494 e. The van der Waals surface area contributed by atoms with E-state index in [9.17, 15) is 0 Å². The van der Waals surface area contributed by atoms with Crippen LogP contribution in [0.2, 0.25) is 0 Å². The van der Waals surface area contributed by atoms with Gasteiger partial charge in [0, 0.05) is 33.4 Å². The maximum atomic E-state index is 5.76. The molecule has 0 bridgehead atoms. The molecule has 2 rings (SSSR count). The molecule has 0 saturated carbocycles. The van der Waals surface area contributed by atoms with Crippen LogP contribution in [0.1, 0.15) is 44.6 Å². The molecule has 28 heavy (non-hydrogen) atoms. The van der Waals surface area contributed by atoms with Gasteiger partial charge in [-0.1, -0.05) is 25.5 Å². The lowest BCUT2D eigenvalue weighted by atomic mass is 10.2. The molecule has 1 aromatic rings. The number of hydrogen-bond donors (Lipinski definition) is 2. The maximum absolute atomic E-state index is 5.76. The number of rotatable bonds is 12. The first-order valence-corrected chi connectivity index (χ1v) is 10.2. The summed E-state index contributed by atoms with van der Waals surface area (Å²) in [5, 5.41) is 6.66. The van der Waals surface area contributed by atoms with Crippen LogP contribution in [-0.2, 0) is 16.0 Å². The van der Waals surface area contributed by atoms with Crippen LogP contribution < -0.4 is 15.4 Å². The molecule has 1 aromatic carbocycles. The van der Waals surface area contributed by atoms with E-state index in [1.165, 1.54) is 5.56 Å². The fourth-order valence-corrected chi connectivity index (χ4v) is 2.86. The highest BCUT2D eigenvalue weighted by Gasteiger charge is 2.14. The molecule has 0 aromatic heterocycles. The second-order valence-electron chi connectivity index (χ2n) is 6.77. The summed E-state index contributed by atoms with van der Waals surface area (Å²) in [5.74, 6) is 1.72. The van der Waals surface area contributed by atoms with E-state index in [1.807, 2.05) is 12.1 Å². The Morgan fingerprint density at radius 3 is 2.89 bits per heavy atom. The maximum Gasteiger partial charge on any atom is 0.191 e. The fraction of sp³-hybridized carbons (Fsp3) is 0.667. The zero-order valence-corrected chi connectivity index (χ0v) is 19.6. The predicted octanol–water partition coefficient (Wildman–Crippen LogP) is 3.73. The highest BCUT2D eigenvalue weighted by atomic mass is 127. The van der Waals surface area contributed by atoms with E-state index in [0.29, 0.717) is 19.3 Å². The monoisotopic (exact) mass is 505 g/mol. The lowest BCUT2D eigenvalue weighted by Crippen LogP contribution is -2.37. The Balaban J connectivity index is 0.00000392. The first-order valence-electron chi connectivity index (χ1n) is 10.2. The lowest BCUT2D eigenvalue weighted by Gasteiger charge is -2.13. The van der Waals surface area contributed by atoms with E-state index in [1.54, 1.807) is 7.05 Å². The van der Waals surface area contributed by atoms with Crippen molar-refractivity contribution in [2.45, 2.75) is 51.7 Å². The highest BCUT2D eigenvalue weighted by Crippen LogP contribution is 2.14. The van der Waals surface area contributed by atoms with Gasteiger partial charge >= 0.3 is 0 Å². The van der Waals surface area contributed by atoms with Gasteiger partial charge in [-0.25, -0.2) is 0 Å². The molecule has 2 N–H and O–H groups in total. The Kier molecular flexibility index (Phi) is 14.1. The smallest absolute Gasteiger partial charge is 0.191 e. The van der Waals surface area contributed by atoms with E-state index in [0.717, 1.165) is 70.2 Å². The molecule has 1 fully saturated rings. The lowest BCUT2D eigenvalue weighted by molar-refractivity contribution is 0.0168. The van der Waals surface area contributed by atoms with Gasteiger partial charge in [0.05, 0.1) is 19.3 Å². The minimum atomic E-state index is 0. The summed E-state index contributed by atoms with van der Waals surface area (Å²) in [6, 6.07) is 8.20. The third-order valence-electron chi connectivity index (χ3n) is 4.43. The van der Waals surface area contributed by atoms with E-state index in [2.05, 4.69) is 34.7 Å². The van der Waals surface area contributed by atoms with Crippen molar-refractivity contribution in [3.63, 3.8) is 0 Å². The number of hydrogen-bond acceptors (Lipinski definition) is 4. The summed E-state index contributed by atoms with van der Waals surface area (Å²) in [7, 11) is 1.79. The van der Waals surface area contributed by atoms with E-state index >= 15 is 0 Å². The van der Waals surface area contributed by atoms with Crippen molar-refractivity contribution in [2.24, 2.45) is 4.99 Å². The van der Waals surface area contributed by atoms with Crippen LogP contribution in [0.5, 0.6) is 5.75 Å². The molecule has 0 aliphatic carbocycles. The third kappa shape index (κ3) is 10.5. The molecule has 0 spiro atoms. The summed E-state index contributed by atoms with van der Waals surface area (Å²) in [4.78, 5) is 4.27. The van der Waals surface area contributed by atoms with Crippen molar-refractivity contribution in [1.82, 2.24) is 10.6 Å². The highest BCUT2D eigenvalue weighted by molar-refractivity contribution is 14.0. The molecule has 1 heterocycles. The van der Waals surface area contributed by atoms with Crippen LogP contribution in [0.4, 0.5) is 0 Å². The fourth-order valence-electron chi connectivity index (χ4n) is 2.86. The average Bonchev–Trinajstić information content (AvgIpc) is 3.21. The first-order chi connectivity index (χ1) is 13.3. The Labute approximate surface area is 186 Å². The van der Waals surface area contributed by atoms with Crippen molar-refractivity contribution in [2.75, 3.05) is 40.0 Å². The Bertz CT molecular complexity index is 551. The minimum absolute atomic E-state index is 0. The van der Waals surface area contributed by atoms with Crippen LogP contribution in [0.15, 0.2) is 29.3 Å². The molecule has 1 atom stereocenters. The van der Waals surface area contributed by atoms with Gasteiger partial charge in [0.15, 0.2) is 5.96 Å². The van der Waals surface area contributed by atoms with E-state index < -0.39 is 0 Å². The normalized spacial score (nSPS) is 16.5. The molecular weight excluding hydrogens is 469 g/mol. The Morgan fingerprint density at radius 1 is 1.25 bits per heavy atom. The van der Waals surface area contributed by atoms with Crippen LogP contribution >= 0.6 is 24.0 Å². The second-order valence-corrected chi connectivity index (χ2v) is 6.77. The molecule has 7 heteroatoms. The summed E-state index contributed by atoms with van der Waals surface area (Å²) < 4.78 is 17.0. The van der Waals surface area contributed by atoms with Gasteiger partial charge in [0.1, 0.15) is 5.75 Å². The van der Waals surface area contributed by atoms with Crippen LogP contribution in [0, 0.1) is 0 Å². The van der Waals surface area contributed by atoms with Crippen molar-refractivity contribution in [1.29, 1.82) is 0 Å². The molecular formula is C21H36IN3O3. The van der Waals surface area contributed by atoms with Gasteiger partial charge in [0.25, 0.3) is 0 Å². The predicted molar refractivity (Wildman–Crippen MR) is 125 cm³/mol. The summed E-state index contributed by atoms with van der Waals surface area (Å²) in [6.45, 7) is 6.80. The molecule has 1 aliphatic rings. The topological polar surface area (TPSA) is 64.1 Å². The molecule has 1 saturated heterocycles. The quantitative estimate of drug-likeness (QED) is 0.196. The van der Waals surface area contributed by atoms with Gasteiger partial charge in [-0.3, -0.25) is 4.99 Å². The number of nitrogens with one attached hydrogen (secondary N) is 2. The summed E-state index contributed by atoms with van der Waals surface area (Å²) >= 11 is 0. The number of aliphatic imine (C=N–C) groups is 1. The number of halogens is 1. The van der Waals surface area contributed by atoms with Gasteiger partial charge in [-0.05, 0) is 43.4 Å². The number of guanidine groups is 1. The summed E-state index contributed by atoms with van der Waals surface area (Å²) in [6.07, 6.45) is 5.74. The van der Waals surface area contributed by atoms with E-state index in [4.69, 9.17) is 14.2 Å². The SMILES string of the molecule is CCCCOc1cccc(CNC(=NC)NCCCOCC2CCCO2)c1.I. The van der Waals surface area contributed by atoms with Crippen LogP contribution in [0.25, 0.3) is 0 Å². The van der Waals surface area contributed by atoms with Crippen molar-refractivity contribution >= 4 is 29.9 Å². The van der Waals surface area contributed by atoms with Gasteiger partial charge in [0.2, 0.25) is 0 Å². The molecule has 0 amide bonds. The van der Waals surface area contributed by atoms with Gasteiger partial charge in [-0.15, -0.1) is 24.0 Å². The molecule has 160 valence electrons.